The van der Waals surface area contributed by atoms with Crippen molar-refractivity contribution in [1.29, 1.82) is 0 Å². The second-order valence-corrected chi connectivity index (χ2v) is 7.14. The number of guanidine groups is 1. The van der Waals surface area contributed by atoms with Gasteiger partial charge in [-0.15, -0.1) is 11.3 Å². The summed E-state index contributed by atoms with van der Waals surface area (Å²) < 4.78 is 43.4. The van der Waals surface area contributed by atoms with Crippen LogP contribution in [0.3, 0.4) is 0 Å². The number of ether oxygens (including phenoxy) is 1. The van der Waals surface area contributed by atoms with Crippen LogP contribution in [0.25, 0.3) is 0 Å². The van der Waals surface area contributed by atoms with Crippen molar-refractivity contribution >= 4 is 17.3 Å². The maximum absolute atomic E-state index is 12.5. The molecule has 2 rings (SSSR count). The number of rotatable bonds is 9. The van der Waals surface area contributed by atoms with Crippen molar-refractivity contribution in [2.45, 2.75) is 57.7 Å². The number of aliphatic imine (C=N–C) groups is 1. The van der Waals surface area contributed by atoms with Gasteiger partial charge in [0, 0.05) is 38.0 Å². The van der Waals surface area contributed by atoms with Crippen LogP contribution in [0.4, 0.5) is 13.2 Å². The predicted octanol–water partition coefficient (Wildman–Crippen LogP) is 3.61. The van der Waals surface area contributed by atoms with Crippen molar-refractivity contribution in [2.75, 3.05) is 26.2 Å². The number of nitrogens with zero attached hydrogens (tertiary/aromatic N) is 2. The largest absolute Gasteiger partial charge is 0.434 e. The number of nitrogens with one attached hydrogen (secondary N) is 2. The predicted molar refractivity (Wildman–Crippen MR) is 97.6 cm³/mol. The fourth-order valence-corrected chi connectivity index (χ4v) is 3.55. The van der Waals surface area contributed by atoms with Gasteiger partial charge in [0.1, 0.15) is 0 Å². The SMILES string of the molecule is CCNC(=NCCCOC1CCCC1)NCCc1nc(C(F)(F)F)cs1. The van der Waals surface area contributed by atoms with Crippen molar-refractivity contribution in [2.24, 2.45) is 4.99 Å². The van der Waals surface area contributed by atoms with Crippen molar-refractivity contribution in [3.8, 4) is 0 Å². The first-order valence-electron chi connectivity index (χ1n) is 9.14. The molecule has 0 amide bonds. The van der Waals surface area contributed by atoms with Gasteiger partial charge in [0.05, 0.1) is 11.1 Å². The summed E-state index contributed by atoms with van der Waals surface area (Å²) in [5.74, 6) is 0.668. The number of alkyl halides is 3. The zero-order chi connectivity index (χ0) is 18.8. The molecule has 0 atom stereocenters. The van der Waals surface area contributed by atoms with E-state index in [9.17, 15) is 13.2 Å². The fourth-order valence-electron chi connectivity index (χ4n) is 2.75. The Balaban J connectivity index is 1.66. The van der Waals surface area contributed by atoms with Crippen LogP contribution in [0.5, 0.6) is 0 Å². The molecule has 9 heteroatoms. The van der Waals surface area contributed by atoms with Crippen molar-refractivity contribution < 1.29 is 17.9 Å². The summed E-state index contributed by atoms with van der Waals surface area (Å²) in [7, 11) is 0. The maximum Gasteiger partial charge on any atom is 0.434 e. The molecule has 1 heterocycles. The quantitative estimate of drug-likeness (QED) is 0.383. The van der Waals surface area contributed by atoms with Crippen LogP contribution in [0.2, 0.25) is 0 Å². The van der Waals surface area contributed by atoms with Gasteiger partial charge in [-0.3, -0.25) is 4.99 Å². The molecular formula is C17H27F3N4OS. The van der Waals surface area contributed by atoms with E-state index >= 15 is 0 Å². The molecule has 1 aliphatic carbocycles. The molecule has 1 saturated carbocycles. The average molecular weight is 392 g/mol. The minimum Gasteiger partial charge on any atom is -0.378 e. The lowest BCUT2D eigenvalue weighted by Gasteiger charge is -2.12. The Labute approximate surface area is 156 Å². The van der Waals surface area contributed by atoms with Crippen molar-refractivity contribution in [1.82, 2.24) is 15.6 Å². The van der Waals surface area contributed by atoms with E-state index in [-0.39, 0.29) is 0 Å². The summed E-state index contributed by atoms with van der Waals surface area (Å²) in [5, 5.41) is 7.78. The third-order valence-corrected chi connectivity index (χ3v) is 4.95. The molecule has 1 aromatic heterocycles. The Bertz CT molecular complexity index is 556. The molecule has 148 valence electrons. The van der Waals surface area contributed by atoms with E-state index in [1.807, 2.05) is 6.92 Å². The van der Waals surface area contributed by atoms with Gasteiger partial charge >= 0.3 is 6.18 Å². The summed E-state index contributed by atoms with van der Waals surface area (Å²) in [6, 6.07) is 0. The molecule has 0 spiro atoms. The van der Waals surface area contributed by atoms with E-state index < -0.39 is 11.9 Å². The van der Waals surface area contributed by atoms with Crippen LogP contribution in [0, 0.1) is 0 Å². The topological polar surface area (TPSA) is 58.5 Å². The first-order chi connectivity index (χ1) is 12.5. The fraction of sp³-hybridized carbons (Fsp3) is 0.765. The van der Waals surface area contributed by atoms with Gasteiger partial charge in [-0.2, -0.15) is 13.2 Å². The first-order valence-corrected chi connectivity index (χ1v) is 10.0. The lowest BCUT2D eigenvalue weighted by molar-refractivity contribution is -0.140. The van der Waals surface area contributed by atoms with Crippen LogP contribution in [0.15, 0.2) is 10.4 Å². The summed E-state index contributed by atoms with van der Waals surface area (Å²) in [6.45, 7) is 4.54. The van der Waals surface area contributed by atoms with Crippen LogP contribution < -0.4 is 10.6 Å². The summed E-state index contributed by atoms with van der Waals surface area (Å²) >= 11 is 1.03. The second kappa shape index (κ2) is 10.7. The molecule has 1 fully saturated rings. The number of thiazole rings is 1. The van der Waals surface area contributed by atoms with Gasteiger partial charge in [0.2, 0.25) is 0 Å². The highest BCUT2D eigenvalue weighted by Gasteiger charge is 2.33. The number of aromatic nitrogens is 1. The zero-order valence-electron chi connectivity index (χ0n) is 15.1. The third kappa shape index (κ3) is 7.49. The summed E-state index contributed by atoms with van der Waals surface area (Å²) in [5.41, 5.74) is -0.819. The Kier molecular flexibility index (Phi) is 8.64. The molecule has 5 nitrogen and oxygen atoms in total. The molecule has 1 aromatic rings. The molecule has 26 heavy (non-hydrogen) atoms. The van der Waals surface area contributed by atoms with Crippen LogP contribution >= 0.6 is 11.3 Å². The normalized spacial score (nSPS) is 16.2. The zero-order valence-corrected chi connectivity index (χ0v) is 15.9. The molecule has 0 aromatic carbocycles. The lowest BCUT2D eigenvalue weighted by Crippen LogP contribution is -2.38. The highest BCUT2D eigenvalue weighted by atomic mass is 32.1. The van der Waals surface area contributed by atoms with E-state index in [0.717, 1.165) is 29.7 Å². The molecule has 1 aliphatic rings. The van der Waals surface area contributed by atoms with E-state index in [4.69, 9.17) is 4.74 Å². The highest BCUT2D eigenvalue weighted by Crippen LogP contribution is 2.30. The maximum atomic E-state index is 12.5. The molecule has 0 aliphatic heterocycles. The van der Waals surface area contributed by atoms with Crippen molar-refractivity contribution in [3.05, 3.63) is 16.1 Å². The van der Waals surface area contributed by atoms with Gasteiger partial charge < -0.3 is 15.4 Å². The Morgan fingerprint density at radius 1 is 1.35 bits per heavy atom. The molecule has 0 radical (unpaired) electrons. The van der Waals surface area contributed by atoms with Gasteiger partial charge in [0.15, 0.2) is 11.7 Å². The van der Waals surface area contributed by atoms with Crippen LogP contribution in [-0.2, 0) is 17.3 Å². The van der Waals surface area contributed by atoms with Gasteiger partial charge in [-0.25, -0.2) is 4.98 Å². The minimum atomic E-state index is -4.38. The summed E-state index contributed by atoms with van der Waals surface area (Å²) in [4.78, 5) is 8.10. The first kappa shape index (κ1) is 21.0. The van der Waals surface area contributed by atoms with Gasteiger partial charge in [0.25, 0.3) is 0 Å². The number of hydrogen-bond donors (Lipinski definition) is 2. The molecule has 2 N–H and O–H groups in total. The number of halogens is 3. The third-order valence-electron chi connectivity index (χ3n) is 4.05. The van der Waals surface area contributed by atoms with Crippen LogP contribution in [-0.4, -0.2) is 43.3 Å². The highest BCUT2D eigenvalue weighted by molar-refractivity contribution is 7.09. The molecule has 0 bridgehead atoms. The second-order valence-electron chi connectivity index (χ2n) is 6.19. The number of hydrogen-bond acceptors (Lipinski definition) is 4. The molecule has 0 saturated heterocycles. The lowest BCUT2D eigenvalue weighted by atomic mass is 10.3. The molecular weight excluding hydrogens is 365 g/mol. The standard InChI is InChI=1S/C17H27F3N4OS/c1-2-21-16(22-9-5-11-25-13-6-3-4-7-13)23-10-8-15-24-14(12-26-15)17(18,19)20/h12-13H,2-11H2,1H3,(H2,21,22,23). The Morgan fingerprint density at radius 3 is 2.77 bits per heavy atom. The molecule has 0 unspecified atom stereocenters. The van der Waals surface area contributed by atoms with E-state index in [1.165, 1.54) is 25.7 Å². The van der Waals surface area contributed by atoms with Gasteiger partial charge in [-0.1, -0.05) is 12.8 Å². The van der Waals surface area contributed by atoms with E-state index in [0.29, 0.717) is 43.2 Å². The minimum absolute atomic E-state index is 0.422. The van der Waals surface area contributed by atoms with Crippen molar-refractivity contribution in [3.63, 3.8) is 0 Å². The smallest absolute Gasteiger partial charge is 0.378 e. The monoisotopic (exact) mass is 392 g/mol. The van der Waals surface area contributed by atoms with E-state index in [1.54, 1.807) is 0 Å². The van der Waals surface area contributed by atoms with E-state index in [2.05, 4.69) is 20.6 Å². The van der Waals surface area contributed by atoms with Crippen LogP contribution in [0.1, 0.15) is 49.7 Å². The van der Waals surface area contributed by atoms with Gasteiger partial charge in [-0.05, 0) is 26.2 Å². The average Bonchev–Trinajstić information content (AvgIpc) is 3.25. The Morgan fingerprint density at radius 2 is 2.12 bits per heavy atom. The summed E-state index contributed by atoms with van der Waals surface area (Å²) in [6.07, 6.45) is 2.19. The Hall–Kier alpha value is -1.35.